The molecule has 1 aliphatic carbocycles. The van der Waals surface area contributed by atoms with E-state index < -0.39 is 0 Å². The fourth-order valence-electron chi connectivity index (χ4n) is 3.48. The zero-order valence-corrected chi connectivity index (χ0v) is 25.9. The van der Waals surface area contributed by atoms with Gasteiger partial charge in [0.15, 0.2) is 0 Å². The van der Waals surface area contributed by atoms with Gasteiger partial charge in [-0.15, -0.1) is 12.3 Å². The van der Waals surface area contributed by atoms with Crippen LogP contribution >= 0.6 is 0 Å². The molecule has 0 fully saturated rings. The van der Waals surface area contributed by atoms with E-state index in [0.29, 0.717) is 6.04 Å². The number of nitrogens with one attached hydrogen (secondary N) is 1. The lowest BCUT2D eigenvalue weighted by atomic mass is 10.0. The van der Waals surface area contributed by atoms with Crippen molar-refractivity contribution in [3.63, 3.8) is 0 Å². The topological polar surface area (TPSA) is 27.6 Å². The van der Waals surface area contributed by atoms with E-state index in [1.807, 2.05) is 27.7 Å². The Hall–Kier alpha value is -2.31. The maximum atomic E-state index is 4.81. The highest BCUT2D eigenvalue weighted by Gasteiger charge is 2.27. The number of aliphatic imine (C=N–C) groups is 1. The molecule has 0 radical (unpaired) electrons. The lowest BCUT2D eigenvalue weighted by molar-refractivity contribution is 0.442. The van der Waals surface area contributed by atoms with Crippen LogP contribution in [0.4, 0.5) is 0 Å². The summed E-state index contributed by atoms with van der Waals surface area (Å²) in [4.78, 5) is 7.07. The van der Waals surface area contributed by atoms with E-state index in [2.05, 4.69) is 114 Å². The van der Waals surface area contributed by atoms with Crippen LogP contribution in [0, 0.1) is 12.3 Å². The third-order valence-corrected chi connectivity index (χ3v) is 5.61. The van der Waals surface area contributed by atoms with E-state index in [4.69, 9.17) is 4.99 Å². The molecule has 2 unspecified atom stereocenters. The van der Waals surface area contributed by atoms with Gasteiger partial charge in [0.05, 0.1) is 6.04 Å². The second-order valence-corrected chi connectivity index (χ2v) is 7.88. The standard InChI is InChI=1S/C14H20N2.C12H23N.C3H4.2C2H6/c1-3-11(4-2)14-15-12-9-7-5-6-8-10-13(12)16-14;1-6-9-12(7-2)10-11(4)13(5)8-3;1-3-2;2*1-2/h3,5-8,12,14-15H,4,9-10H2,1-2H3;9-10H,6-8H2,1-5H3;1H,2H3;2*1-2H3/b7-5-,8-6-,11-3+;11-10+,12-9-;;;. The zero-order chi connectivity index (χ0) is 28.4. The van der Waals surface area contributed by atoms with Crippen molar-refractivity contribution < 1.29 is 0 Å². The molecule has 0 saturated heterocycles. The van der Waals surface area contributed by atoms with Crippen molar-refractivity contribution in [1.29, 1.82) is 0 Å². The molecule has 3 nitrogen and oxygen atoms in total. The van der Waals surface area contributed by atoms with Gasteiger partial charge in [0.2, 0.25) is 0 Å². The molecular weight excluding hydrogens is 438 g/mol. The Labute approximate surface area is 226 Å². The van der Waals surface area contributed by atoms with Crippen molar-refractivity contribution in [3.05, 3.63) is 59.4 Å². The molecule has 3 heteroatoms. The van der Waals surface area contributed by atoms with E-state index in [9.17, 15) is 0 Å². The lowest BCUT2D eigenvalue weighted by Crippen LogP contribution is -2.35. The van der Waals surface area contributed by atoms with Gasteiger partial charge in [-0.05, 0) is 65.0 Å². The van der Waals surface area contributed by atoms with Crippen molar-refractivity contribution in [2.24, 2.45) is 4.99 Å². The largest absolute Gasteiger partial charge is 0.378 e. The summed E-state index contributed by atoms with van der Waals surface area (Å²) in [5.41, 5.74) is 5.50. The van der Waals surface area contributed by atoms with Crippen LogP contribution in [0.2, 0.25) is 0 Å². The molecule has 0 aromatic carbocycles. The van der Waals surface area contributed by atoms with Crippen LogP contribution in [0.25, 0.3) is 0 Å². The minimum atomic E-state index is 0.218. The fraction of sp³-hybridized carbons (Fsp3) is 0.606. The van der Waals surface area contributed by atoms with Crippen molar-refractivity contribution in [2.75, 3.05) is 13.6 Å². The van der Waals surface area contributed by atoms with E-state index in [1.54, 1.807) is 6.92 Å². The van der Waals surface area contributed by atoms with Gasteiger partial charge >= 0.3 is 0 Å². The highest BCUT2D eigenvalue weighted by molar-refractivity contribution is 5.93. The smallest absolute Gasteiger partial charge is 0.122 e. The van der Waals surface area contributed by atoms with E-state index in [-0.39, 0.29) is 6.17 Å². The van der Waals surface area contributed by atoms with Crippen LogP contribution in [-0.2, 0) is 0 Å². The van der Waals surface area contributed by atoms with Crippen LogP contribution in [0.5, 0.6) is 0 Å². The maximum absolute atomic E-state index is 4.81. The number of allylic oxidation sites excluding steroid dienone is 8. The number of nitrogens with zero attached hydrogens (tertiary/aromatic N) is 2. The van der Waals surface area contributed by atoms with Gasteiger partial charge in [0.1, 0.15) is 6.17 Å². The van der Waals surface area contributed by atoms with E-state index in [1.165, 1.54) is 22.6 Å². The van der Waals surface area contributed by atoms with Crippen molar-refractivity contribution >= 4 is 5.71 Å². The predicted octanol–water partition coefficient (Wildman–Crippen LogP) is 9.27. The highest BCUT2D eigenvalue weighted by Crippen LogP contribution is 2.20. The summed E-state index contributed by atoms with van der Waals surface area (Å²) < 4.78 is 0. The number of fused-ring (bicyclic) bond motifs is 1. The van der Waals surface area contributed by atoms with Gasteiger partial charge in [-0.1, -0.05) is 90.5 Å². The molecule has 0 aromatic rings. The Morgan fingerprint density at radius 3 is 2.17 bits per heavy atom. The van der Waals surface area contributed by atoms with Crippen LogP contribution in [0.15, 0.2) is 64.4 Å². The minimum absolute atomic E-state index is 0.218. The minimum Gasteiger partial charge on any atom is -0.378 e. The van der Waals surface area contributed by atoms with Crippen molar-refractivity contribution in [3.8, 4) is 12.3 Å². The molecule has 1 heterocycles. The van der Waals surface area contributed by atoms with Gasteiger partial charge in [-0.2, -0.15) is 0 Å². The monoisotopic (exact) mass is 497 g/mol. The molecule has 206 valence electrons. The first-order valence-electron chi connectivity index (χ1n) is 14.2. The molecule has 0 amide bonds. The maximum Gasteiger partial charge on any atom is 0.122 e. The average molecular weight is 498 g/mol. The van der Waals surface area contributed by atoms with Crippen molar-refractivity contribution in [2.45, 2.75) is 120 Å². The summed E-state index contributed by atoms with van der Waals surface area (Å²) in [6.45, 7) is 23.7. The first-order chi connectivity index (χ1) is 17.4. The normalized spacial score (nSPS) is 20.3. The Morgan fingerprint density at radius 2 is 1.69 bits per heavy atom. The molecule has 0 aromatic heterocycles. The Kier molecular flexibility index (Phi) is 29.0. The third-order valence-electron chi connectivity index (χ3n) is 5.61. The summed E-state index contributed by atoms with van der Waals surface area (Å²) in [5, 5.41) is 3.61. The second kappa shape index (κ2) is 27.3. The van der Waals surface area contributed by atoms with Crippen LogP contribution in [0.1, 0.15) is 108 Å². The zero-order valence-electron chi connectivity index (χ0n) is 25.9. The Morgan fingerprint density at radius 1 is 1.11 bits per heavy atom. The summed E-state index contributed by atoms with van der Waals surface area (Å²) in [6.07, 6.45) is 25.6. The van der Waals surface area contributed by atoms with Crippen molar-refractivity contribution in [1.82, 2.24) is 10.2 Å². The molecule has 2 atom stereocenters. The predicted molar refractivity (Wildman–Crippen MR) is 168 cm³/mol. The molecule has 2 rings (SSSR count). The third kappa shape index (κ3) is 17.2. The lowest BCUT2D eigenvalue weighted by Gasteiger charge is -2.17. The Bertz CT molecular complexity index is 741. The summed E-state index contributed by atoms with van der Waals surface area (Å²) >= 11 is 0. The molecule has 0 saturated carbocycles. The molecular formula is C33H59N3. The molecule has 36 heavy (non-hydrogen) atoms. The fourth-order valence-corrected chi connectivity index (χ4v) is 3.48. The molecule has 1 aliphatic heterocycles. The molecule has 0 bridgehead atoms. The first-order valence-corrected chi connectivity index (χ1v) is 14.2. The highest BCUT2D eigenvalue weighted by atomic mass is 15.2. The summed E-state index contributed by atoms with van der Waals surface area (Å²) in [7, 11) is 2.13. The van der Waals surface area contributed by atoms with Crippen LogP contribution < -0.4 is 5.32 Å². The van der Waals surface area contributed by atoms with Gasteiger partial charge in [-0.25, -0.2) is 0 Å². The van der Waals surface area contributed by atoms with Crippen LogP contribution in [-0.4, -0.2) is 36.4 Å². The molecule has 2 aliphatic rings. The number of hydrogen-bond acceptors (Lipinski definition) is 3. The summed E-state index contributed by atoms with van der Waals surface area (Å²) in [6, 6.07) is 0.438. The van der Waals surface area contributed by atoms with Gasteiger partial charge in [0.25, 0.3) is 0 Å². The quantitative estimate of drug-likeness (QED) is 0.215. The Balaban J connectivity index is -0.000000492. The van der Waals surface area contributed by atoms with E-state index >= 15 is 0 Å². The second-order valence-electron chi connectivity index (χ2n) is 7.88. The molecule has 0 spiro atoms. The van der Waals surface area contributed by atoms with E-state index in [0.717, 1.165) is 38.6 Å². The molecule has 1 N–H and O–H groups in total. The van der Waals surface area contributed by atoms with Crippen LogP contribution in [0.3, 0.4) is 0 Å². The average Bonchev–Trinajstić information content (AvgIpc) is 3.28. The number of terminal acetylenes is 1. The van der Waals surface area contributed by atoms with Gasteiger partial charge in [0, 0.05) is 31.4 Å². The first kappa shape index (κ1) is 38.2. The summed E-state index contributed by atoms with van der Waals surface area (Å²) in [5.74, 6) is 2.25. The van der Waals surface area contributed by atoms with Gasteiger partial charge in [-0.3, -0.25) is 10.3 Å². The number of rotatable bonds is 7. The van der Waals surface area contributed by atoms with Gasteiger partial charge < -0.3 is 4.90 Å². The number of hydrogen-bond donors (Lipinski definition) is 1. The SMILES string of the molecule is C#CC.C/C=C(\CC)C1N=C2C/C=C\C=C/CC2N1.CC.CC.CC/C=C(\C=C(/C)N(C)CC)CC.